The van der Waals surface area contributed by atoms with Gasteiger partial charge < -0.3 is 15.2 Å². The van der Waals surface area contributed by atoms with E-state index in [1.54, 1.807) is 24.3 Å². The van der Waals surface area contributed by atoms with E-state index < -0.39 is 0 Å². The van der Waals surface area contributed by atoms with E-state index >= 15 is 0 Å². The third kappa shape index (κ3) is 4.53. The molecule has 1 heterocycles. The molecule has 1 aromatic carbocycles. The van der Waals surface area contributed by atoms with Crippen molar-refractivity contribution in [2.45, 2.75) is 25.9 Å². The van der Waals surface area contributed by atoms with Crippen LogP contribution in [0.15, 0.2) is 43.0 Å². The van der Waals surface area contributed by atoms with Crippen LogP contribution in [0, 0.1) is 0 Å². The summed E-state index contributed by atoms with van der Waals surface area (Å²) >= 11 is 1.72. The summed E-state index contributed by atoms with van der Waals surface area (Å²) in [5.74, 6) is 0.901. The first kappa shape index (κ1) is 16.4. The van der Waals surface area contributed by atoms with Gasteiger partial charge >= 0.3 is 6.03 Å². The van der Waals surface area contributed by atoms with Gasteiger partial charge in [0.1, 0.15) is 0 Å². The molecule has 0 fully saturated rings. The smallest absolute Gasteiger partial charge is 0.315 e. The fourth-order valence-electron chi connectivity index (χ4n) is 2.20. The topological polar surface area (TPSA) is 59.0 Å². The van der Waals surface area contributed by atoms with Crippen molar-refractivity contribution in [3.63, 3.8) is 0 Å². The van der Waals surface area contributed by atoms with Gasteiger partial charge in [-0.2, -0.15) is 11.8 Å². The molecule has 2 N–H and O–H groups in total. The Balaban J connectivity index is 1.99. The summed E-state index contributed by atoms with van der Waals surface area (Å²) in [6.45, 7) is 3.98. The molecule has 0 unspecified atom stereocenters. The van der Waals surface area contributed by atoms with Crippen LogP contribution < -0.4 is 10.6 Å². The van der Waals surface area contributed by atoms with Crippen LogP contribution in [0.4, 0.5) is 4.79 Å². The number of aromatic nitrogens is 2. The molecule has 0 spiro atoms. The van der Waals surface area contributed by atoms with Gasteiger partial charge in [0.25, 0.3) is 0 Å². The van der Waals surface area contributed by atoms with Gasteiger partial charge in [-0.25, -0.2) is 9.78 Å². The van der Waals surface area contributed by atoms with Crippen molar-refractivity contribution in [1.82, 2.24) is 20.2 Å². The number of nitrogens with one attached hydrogen (secondary N) is 2. The Morgan fingerprint density at radius 3 is 2.86 bits per heavy atom. The minimum atomic E-state index is -0.137. The lowest BCUT2D eigenvalue weighted by molar-refractivity contribution is 0.235. The minimum Gasteiger partial charge on any atom is -0.335 e. The molecule has 6 heteroatoms. The predicted molar refractivity (Wildman–Crippen MR) is 91.5 cm³/mol. The van der Waals surface area contributed by atoms with Crippen LogP contribution in [0.25, 0.3) is 5.69 Å². The summed E-state index contributed by atoms with van der Waals surface area (Å²) in [5.41, 5.74) is 2.08. The second-order valence-electron chi connectivity index (χ2n) is 5.26. The first-order valence-corrected chi connectivity index (χ1v) is 8.63. The van der Waals surface area contributed by atoms with Crippen molar-refractivity contribution in [1.29, 1.82) is 0 Å². The van der Waals surface area contributed by atoms with E-state index in [4.69, 9.17) is 0 Å². The predicted octanol–water partition coefficient (Wildman–Crippen LogP) is 2.98. The molecule has 2 rings (SSSR count). The van der Waals surface area contributed by atoms with Gasteiger partial charge in [-0.15, -0.1) is 0 Å². The van der Waals surface area contributed by atoms with Gasteiger partial charge in [0.05, 0.1) is 12.4 Å². The van der Waals surface area contributed by atoms with E-state index in [-0.39, 0.29) is 18.1 Å². The van der Waals surface area contributed by atoms with E-state index in [9.17, 15) is 4.79 Å². The lowest BCUT2D eigenvalue weighted by Gasteiger charge is -2.18. The number of urea groups is 1. The maximum Gasteiger partial charge on any atom is 0.315 e. The third-order valence-corrected chi connectivity index (χ3v) is 4.15. The molecule has 0 aliphatic carbocycles. The number of thioether (sulfide) groups is 1. The Kier molecular flexibility index (Phi) is 5.89. The van der Waals surface area contributed by atoms with Crippen LogP contribution in [0.2, 0.25) is 0 Å². The lowest BCUT2D eigenvalue weighted by atomic mass is 10.1. The average molecular weight is 318 g/mol. The summed E-state index contributed by atoms with van der Waals surface area (Å²) in [4.78, 5) is 16.0. The zero-order chi connectivity index (χ0) is 15.9. The number of hydrogen-bond acceptors (Lipinski definition) is 3. The molecule has 0 aliphatic heterocycles. The molecule has 1 aromatic heterocycles. The van der Waals surface area contributed by atoms with Crippen molar-refractivity contribution in [2.75, 3.05) is 12.0 Å². The SMILES string of the molecule is CSC[C@@H](C)NC(=O)N[C@@H](C)c1cccc(-n2ccnc2)c1. The van der Waals surface area contributed by atoms with Crippen LogP contribution in [-0.2, 0) is 0 Å². The quantitative estimate of drug-likeness (QED) is 0.861. The number of carbonyl (C=O) groups is 1. The van der Waals surface area contributed by atoms with Crippen LogP contribution >= 0.6 is 11.8 Å². The molecule has 0 bridgehead atoms. The minimum absolute atomic E-state index is 0.0649. The number of carbonyl (C=O) groups excluding carboxylic acids is 1. The highest BCUT2D eigenvalue weighted by molar-refractivity contribution is 7.98. The molecule has 0 aliphatic rings. The highest BCUT2D eigenvalue weighted by Gasteiger charge is 2.12. The summed E-state index contributed by atoms with van der Waals surface area (Å²) in [7, 11) is 0. The zero-order valence-electron chi connectivity index (χ0n) is 13.1. The molecule has 2 aromatic rings. The standard InChI is InChI=1S/C16H22N4OS/c1-12(10-22-3)18-16(21)19-13(2)14-5-4-6-15(9-14)20-8-7-17-11-20/h4-9,11-13H,10H2,1-3H3,(H2,18,19,21)/t12-,13+/m1/s1. The van der Waals surface area contributed by atoms with Gasteiger partial charge in [-0.05, 0) is 37.8 Å². The highest BCUT2D eigenvalue weighted by atomic mass is 32.2. The summed E-state index contributed by atoms with van der Waals surface area (Å²) in [6.07, 6.45) is 7.43. The normalized spacial score (nSPS) is 13.4. The molecule has 0 saturated heterocycles. The number of hydrogen-bond donors (Lipinski definition) is 2. The van der Waals surface area contributed by atoms with Gasteiger partial charge in [0.2, 0.25) is 0 Å². The van der Waals surface area contributed by atoms with Gasteiger partial charge in [0.15, 0.2) is 0 Å². The van der Waals surface area contributed by atoms with Crippen molar-refractivity contribution in [3.05, 3.63) is 48.5 Å². The van der Waals surface area contributed by atoms with E-state index in [0.717, 1.165) is 17.0 Å². The fraction of sp³-hybridized carbons (Fsp3) is 0.375. The van der Waals surface area contributed by atoms with Crippen LogP contribution in [0.5, 0.6) is 0 Å². The average Bonchev–Trinajstić information content (AvgIpc) is 3.01. The van der Waals surface area contributed by atoms with E-state index in [1.807, 2.05) is 49.1 Å². The molecule has 2 atom stereocenters. The Labute approximate surface area is 135 Å². The van der Waals surface area contributed by atoms with Crippen molar-refractivity contribution in [3.8, 4) is 5.69 Å². The Hall–Kier alpha value is -1.95. The van der Waals surface area contributed by atoms with Gasteiger partial charge in [-0.3, -0.25) is 0 Å². The lowest BCUT2D eigenvalue weighted by Crippen LogP contribution is -2.42. The molecular weight excluding hydrogens is 296 g/mol. The third-order valence-electron chi connectivity index (χ3n) is 3.31. The van der Waals surface area contributed by atoms with Gasteiger partial charge in [0, 0.05) is 29.9 Å². The monoisotopic (exact) mass is 318 g/mol. The number of benzene rings is 1. The number of imidazole rings is 1. The van der Waals surface area contributed by atoms with E-state index in [0.29, 0.717) is 0 Å². The first-order valence-electron chi connectivity index (χ1n) is 7.24. The van der Waals surface area contributed by atoms with Crippen LogP contribution in [0.1, 0.15) is 25.5 Å². The Bertz CT molecular complexity index is 600. The number of nitrogens with zero attached hydrogens (tertiary/aromatic N) is 2. The molecule has 118 valence electrons. The van der Waals surface area contributed by atoms with Crippen LogP contribution in [0.3, 0.4) is 0 Å². The summed E-state index contributed by atoms with van der Waals surface area (Å²) in [6, 6.07) is 8.01. The Morgan fingerprint density at radius 2 is 2.18 bits per heavy atom. The summed E-state index contributed by atoms with van der Waals surface area (Å²) in [5, 5.41) is 5.91. The highest BCUT2D eigenvalue weighted by Crippen LogP contribution is 2.16. The number of amides is 2. The molecular formula is C16H22N4OS. The van der Waals surface area contributed by atoms with Crippen molar-refractivity contribution in [2.24, 2.45) is 0 Å². The van der Waals surface area contributed by atoms with Gasteiger partial charge in [-0.1, -0.05) is 12.1 Å². The van der Waals surface area contributed by atoms with Crippen molar-refractivity contribution >= 4 is 17.8 Å². The largest absolute Gasteiger partial charge is 0.335 e. The molecule has 0 radical (unpaired) electrons. The number of rotatable bonds is 6. The van der Waals surface area contributed by atoms with Crippen LogP contribution in [-0.4, -0.2) is 33.6 Å². The van der Waals surface area contributed by atoms with E-state index in [2.05, 4.69) is 21.7 Å². The first-order chi connectivity index (χ1) is 10.6. The molecule has 22 heavy (non-hydrogen) atoms. The molecule has 5 nitrogen and oxygen atoms in total. The second kappa shape index (κ2) is 7.89. The fourth-order valence-corrected chi connectivity index (χ4v) is 2.79. The molecule has 0 saturated carbocycles. The van der Waals surface area contributed by atoms with Crippen molar-refractivity contribution < 1.29 is 4.79 Å². The Morgan fingerprint density at radius 1 is 1.36 bits per heavy atom. The zero-order valence-corrected chi connectivity index (χ0v) is 13.9. The maximum atomic E-state index is 12.0. The second-order valence-corrected chi connectivity index (χ2v) is 6.17. The van der Waals surface area contributed by atoms with E-state index in [1.165, 1.54) is 0 Å². The molecule has 2 amide bonds. The maximum absolute atomic E-state index is 12.0. The summed E-state index contributed by atoms with van der Waals surface area (Å²) < 4.78 is 1.94.